The fourth-order valence-electron chi connectivity index (χ4n) is 1.01. The van der Waals surface area contributed by atoms with Crippen molar-refractivity contribution in [3.63, 3.8) is 0 Å². The van der Waals surface area contributed by atoms with Crippen LogP contribution in [0.15, 0.2) is 18.2 Å². The highest BCUT2D eigenvalue weighted by Gasteiger charge is 2.09. The van der Waals surface area contributed by atoms with Gasteiger partial charge in [-0.15, -0.1) is 0 Å². The van der Waals surface area contributed by atoms with Gasteiger partial charge in [-0.25, -0.2) is 4.39 Å². The van der Waals surface area contributed by atoms with E-state index in [0.29, 0.717) is 5.69 Å². The van der Waals surface area contributed by atoms with Crippen LogP contribution in [-0.2, 0) is 7.05 Å². The van der Waals surface area contributed by atoms with Crippen LogP contribution in [0.5, 0.6) is 11.8 Å². The van der Waals surface area contributed by atoms with E-state index in [4.69, 9.17) is 10.5 Å². The third kappa shape index (κ3) is 1.85. The lowest BCUT2D eigenvalue weighted by Crippen LogP contribution is -1.98. The number of rotatable bonds is 2. The smallest absolute Gasteiger partial charge is 0.340 e. The zero-order chi connectivity index (χ0) is 10.8. The second-order valence-corrected chi connectivity index (χ2v) is 2.88. The average molecular weight is 209 g/mol. The molecule has 2 N–H and O–H groups in total. The zero-order valence-corrected chi connectivity index (χ0v) is 7.88. The van der Waals surface area contributed by atoms with E-state index in [9.17, 15) is 4.39 Å². The number of hydrogen-bond acceptors (Lipinski definition) is 5. The van der Waals surface area contributed by atoms with Gasteiger partial charge in [0.2, 0.25) is 0 Å². The predicted octanol–water partition coefficient (Wildman–Crippen LogP) is 0.724. The third-order valence-corrected chi connectivity index (χ3v) is 1.74. The van der Waals surface area contributed by atoms with Gasteiger partial charge < -0.3 is 10.5 Å². The molecule has 2 rings (SSSR count). The average Bonchev–Trinajstić information content (AvgIpc) is 2.57. The first-order valence-corrected chi connectivity index (χ1v) is 4.12. The van der Waals surface area contributed by atoms with Gasteiger partial charge in [0.15, 0.2) is 11.6 Å². The molecule has 7 heteroatoms. The van der Waals surface area contributed by atoms with Crippen molar-refractivity contribution in [1.29, 1.82) is 0 Å². The fraction of sp³-hybridized carbons (Fsp3) is 0.125. The van der Waals surface area contributed by atoms with Crippen LogP contribution in [0.2, 0.25) is 0 Å². The number of nitrogens with two attached hydrogens (primary N) is 1. The van der Waals surface area contributed by atoms with Crippen LogP contribution in [0, 0.1) is 5.82 Å². The quantitative estimate of drug-likeness (QED) is 0.737. The number of ether oxygens (including phenoxy) is 1. The molecule has 0 spiro atoms. The largest absolute Gasteiger partial charge is 0.420 e. The number of tetrazole rings is 1. The summed E-state index contributed by atoms with van der Waals surface area (Å²) in [6.07, 6.45) is 0. The molecule has 6 nitrogen and oxygen atoms in total. The fourth-order valence-corrected chi connectivity index (χ4v) is 1.01. The maximum absolute atomic E-state index is 13.3. The molecule has 0 aliphatic rings. The predicted molar refractivity (Wildman–Crippen MR) is 49.7 cm³/mol. The molecule has 0 radical (unpaired) electrons. The molecule has 1 aromatic heterocycles. The van der Waals surface area contributed by atoms with E-state index < -0.39 is 5.82 Å². The van der Waals surface area contributed by atoms with Crippen molar-refractivity contribution in [2.45, 2.75) is 0 Å². The van der Waals surface area contributed by atoms with Crippen molar-refractivity contribution in [2.75, 3.05) is 5.73 Å². The number of nitrogen functional groups attached to an aromatic ring is 1. The number of aromatic nitrogens is 4. The Labute approximate surface area is 84.5 Å². The van der Waals surface area contributed by atoms with Crippen LogP contribution >= 0.6 is 0 Å². The maximum Gasteiger partial charge on any atom is 0.340 e. The minimum atomic E-state index is -0.557. The van der Waals surface area contributed by atoms with Gasteiger partial charge >= 0.3 is 6.01 Å². The first-order chi connectivity index (χ1) is 7.16. The second-order valence-electron chi connectivity index (χ2n) is 2.88. The molecule has 15 heavy (non-hydrogen) atoms. The van der Waals surface area contributed by atoms with Gasteiger partial charge in [-0.2, -0.15) is 4.68 Å². The highest BCUT2D eigenvalue weighted by Crippen LogP contribution is 2.23. The van der Waals surface area contributed by atoms with Gasteiger partial charge in [0.1, 0.15) is 0 Å². The van der Waals surface area contributed by atoms with Crippen LogP contribution in [0.1, 0.15) is 0 Å². The molecule has 1 aromatic carbocycles. The standard InChI is InChI=1S/C8H8FN5O/c1-14-8(11-12-13-14)15-7-3-2-5(10)4-6(7)9/h2-4H,10H2,1H3. The Balaban J connectivity index is 2.29. The highest BCUT2D eigenvalue weighted by atomic mass is 19.1. The van der Waals surface area contributed by atoms with E-state index in [1.165, 1.54) is 22.9 Å². The first kappa shape index (κ1) is 9.38. The van der Waals surface area contributed by atoms with Crippen LogP contribution in [0.4, 0.5) is 10.1 Å². The molecule has 0 unspecified atom stereocenters. The van der Waals surface area contributed by atoms with E-state index in [1.807, 2.05) is 0 Å². The lowest BCUT2D eigenvalue weighted by Gasteiger charge is -2.04. The van der Waals surface area contributed by atoms with Gasteiger partial charge in [-0.1, -0.05) is 5.10 Å². The van der Waals surface area contributed by atoms with Crippen molar-refractivity contribution in [2.24, 2.45) is 7.05 Å². The summed E-state index contributed by atoms with van der Waals surface area (Å²) in [5.41, 5.74) is 5.72. The summed E-state index contributed by atoms with van der Waals surface area (Å²) in [4.78, 5) is 0. The molecule has 0 bridgehead atoms. The van der Waals surface area contributed by atoms with Crippen molar-refractivity contribution >= 4 is 5.69 Å². The molecule has 0 saturated carbocycles. The number of halogens is 1. The minimum absolute atomic E-state index is 0.0297. The van der Waals surface area contributed by atoms with Gasteiger partial charge in [-0.05, 0) is 22.6 Å². The summed E-state index contributed by atoms with van der Waals surface area (Å²) in [7, 11) is 1.59. The summed E-state index contributed by atoms with van der Waals surface area (Å²) in [6.45, 7) is 0. The number of anilines is 1. The van der Waals surface area contributed by atoms with E-state index >= 15 is 0 Å². The molecule has 0 aliphatic carbocycles. The van der Waals surface area contributed by atoms with Crippen LogP contribution in [-0.4, -0.2) is 20.2 Å². The summed E-state index contributed by atoms with van der Waals surface area (Å²) in [5, 5.41) is 10.5. The number of nitrogens with zero attached hydrogens (tertiary/aromatic N) is 4. The van der Waals surface area contributed by atoms with E-state index in [2.05, 4.69) is 15.5 Å². The molecular weight excluding hydrogens is 201 g/mol. The SMILES string of the molecule is Cn1nnnc1Oc1ccc(N)cc1F. The summed E-state index contributed by atoms with van der Waals surface area (Å²) in [6, 6.07) is 4.22. The third-order valence-electron chi connectivity index (χ3n) is 1.74. The van der Waals surface area contributed by atoms with Gasteiger partial charge in [0.05, 0.1) is 0 Å². The molecule has 1 heterocycles. The zero-order valence-electron chi connectivity index (χ0n) is 7.88. The lowest BCUT2D eigenvalue weighted by atomic mass is 10.3. The molecule has 2 aromatic rings. The molecule has 78 valence electrons. The Morgan fingerprint density at radius 2 is 2.27 bits per heavy atom. The van der Waals surface area contributed by atoms with Gasteiger partial charge in [0, 0.05) is 18.8 Å². The normalized spacial score (nSPS) is 10.3. The number of hydrogen-bond donors (Lipinski definition) is 1. The van der Waals surface area contributed by atoms with Crippen molar-refractivity contribution in [1.82, 2.24) is 20.2 Å². The Morgan fingerprint density at radius 3 is 2.87 bits per heavy atom. The Kier molecular flexibility index (Phi) is 2.20. The summed E-state index contributed by atoms with van der Waals surface area (Å²) in [5.74, 6) is -0.528. The maximum atomic E-state index is 13.3. The highest BCUT2D eigenvalue weighted by molar-refractivity contribution is 5.43. The Bertz CT molecular complexity index is 484. The van der Waals surface area contributed by atoms with Gasteiger partial charge in [-0.3, -0.25) is 0 Å². The van der Waals surface area contributed by atoms with Crippen LogP contribution in [0.3, 0.4) is 0 Å². The van der Waals surface area contributed by atoms with E-state index in [1.54, 1.807) is 7.05 Å². The molecule has 0 atom stereocenters. The van der Waals surface area contributed by atoms with Crippen LogP contribution in [0.25, 0.3) is 0 Å². The second kappa shape index (κ2) is 3.52. The number of benzene rings is 1. The van der Waals surface area contributed by atoms with E-state index in [0.717, 1.165) is 0 Å². The summed E-state index contributed by atoms with van der Waals surface area (Å²) < 4.78 is 19.7. The Hall–Kier alpha value is -2.18. The molecule has 0 saturated heterocycles. The van der Waals surface area contributed by atoms with E-state index in [-0.39, 0.29) is 11.8 Å². The van der Waals surface area contributed by atoms with Crippen molar-refractivity contribution in [3.05, 3.63) is 24.0 Å². The van der Waals surface area contributed by atoms with Crippen molar-refractivity contribution < 1.29 is 9.13 Å². The minimum Gasteiger partial charge on any atom is -0.420 e. The van der Waals surface area contributed by atoms with Crippen molar-refractivity contribution in [3.8, 4) is 11.8 Å². The monoisotopic (exact) mass is 209 g/mol. The van der Waals surface area contributed by atoms with Gasteiger partial charge in [0.25, 0.3) is 0 Å². The first-order valence-electron chi connectivity index (χ1n) is 4.12. The molecule has 0 amide bonds. The summed E-state index contributed by atoms with van der Waals surface area (Å²) >= 11 is 0. The van der Waals surface area contributed by atoms with Crippen LogP contribution < -0.4 is 10.5 Å². The topological polar surface area (TPSA) is 78.8 Å². The molecular formula is C8H8FN5O. The lowest BCUT2D eigenvalue weighted by molar-refractivity contribution is 0.390. The number of aryl methyl sites for hydroxylation is 1. The molecule has 0 fully saturated rings. The molecule has 0 aliphatic heterocycles. The Morgan fingerprint density at radius 1 is 1.47 bits per heavy atom.